The van der Waals surface area contributed by atoms with Crippen molar-refractivity contribution in [3.05, 3.63) is 120 Å². The van der Waals surface area contributed by atoms with Gasteiger partial charge in [0, 0.05) is 5.56 Å². The summed E-state index contributed by atoms with van der Waals surface area (Å²) < 4.78 is 18.6. The Kier molecular flexibility index (Phi) is 6.86. The number of hydrogen-bond acceptors (Lipinski definition) is 7. The van der Waals surface area contributed by atoms with Crippen LogP contribution in [0.5, 0.6) is 11.5 Å². The number of esters is 1. The molecule has 3 heterocycles. The molecule has 2 aliphatic heterocycles. The average Bonchev–Trinajstić information content (AvgIpc) is 3.56. The topological polar surface area (TPSA) is 79.1 Å². The molecule has 0 aliphatic carbocycles. The molecule has 8 heteroatoms. The van der Waals surface area contributed by atoms with Gasteiger partial charge in [0.25, 0.3) is 5.56 Å². The number of carbonyl (C=O) groups is 1. The average molecular weight is 553 g/mol. The summed E-state index contributed by atoms with van der Waals surface area (Å²) in [5.74, 6) is 1.17. The van der Waals surface area contributed by atoms with Crippen molar-refractivity contribution >= 4 is 29.1 Å². The highest BCUT2D eigenvalue weighted by atomic mass is 32.1. The van der Waals surface area contributed by atoms with E-state index in [1.54, 1.807) is 11.5 Å². The molecule has 0 saturated carbocycles. The van der Waals surface area contributed by atoms with Gasteiger partial charge in [-0.05, 0) is 47.7 Å². The minimum atomic E-state index is -0.703. The van der Waals surface area contributed by atoms with E-state index in [1.807, 2.05) is 78.9 Å². The van der Waals surface area contributed by atoms with Gasteiger partial charge in [0.1, 0.15) is 0 Å². The Hall–Kier alpha value is -4.43. The van der Waals surface area contributed by atoms with Crippen LogP contribution in [0, 0.1) is 0 Å². The molecular weight excluding hydrogens is 524 g/mol. The SMILES string of the molecule is CCOC(=O)C1=C(c2ccccc2)N=c2s/c(=C\c3ccc4c(c3)OCO4)c(=O)n2C1c1ccc(C(C)C)cc1. The normalized spacial score (nSPS) is 16.2. The van der Waals surface area contributed by atoms with Crippen LogP contribution in [0.4, 0.5) is 0 Å². The van der Waals surface area contributed by atoms with E-state index in [4.69, 9.17) is 19.2 Å². The second-order valence-electron chi connectivity index (χ2n) is 9.87. The number of rotatable bonds is 6. The Morgan fingerprint density at radius 1 is 1.07 bits per heavy atom. The summed E-state index contributed by atoms with van der Waals surface area (Å²) >= 11 is 1.29. The molecule has 1 unspecified atom stereocenters. The van der Waals surface area contributed by atoms with E-state index < -0.39 is 12.0 Å². The molecule has 1 atom stereocenters. The van der Waals surface area contributed by atoms with E-state index in [1.165, 1.54) is 16.9 Å². The molecule has 2 aliphatic rings. The zero-order chi connectivity index (χ0) is 27.8. The summed E-state index contributed by atoms with van der Waals surface area (Å²) in [6, 6.07) is 22.5. The Morgan fingerprint density at radius 2 is 1.82 bits per heavy atom. The van der Waals surface area contributed by atoms with Gasteiger partial charge < -0.3 is 14.2 Å². The first-order valence-electron chi connectivity index (χ1n) is 13.2. The molecule has 0 saturated heterocycles. The molecule has 0 amide bonds. The second-order valence-corrected chi connectivity index (χ2v) is 10.9. The highest BCUT2D eigenvalue weighted by Gasteiger charge is 2.35. The first-order valence-corrected chi connectivity index (χ1v) is 14.0. The van der Waals surface area contributed by atoms with Crippen LogP contribution in [-0.2, 0) is 9.53 Å². The van der Waals surface area contributed by atoms with Gasteiger partial charge in [-0.3, -0.25) is 9.36 Å². The fraction of sp³-hybridized carbons (Fsp3) is 0.219. The lowest BCUT2D eigenvalue weighted by molar-refractivity contribution is -0.138. The highest BCUT2D eigenvalue weighted by molar-refractivity contribution is 7.07. The number of nitrogens with zero attached hydrogens (tertiary/aromatic N) is 2. The van der Waals surface area contributed by atoms with E-state index in [-0.39, 0.29) is 19.0 Å². The van der Waals surface area contributed by atoms with Crippen LogP contribution in [-0.4, -0.2) is 23.9 Å². The van der Waals surface area contributed by atoms with Crippen LogP contribution >= 0.6 is 11.3 Å². The summed E-state index contributed by atoms with van der Waals surface area (Å²) in [6.07, 6.45) is 1.82. The Bertz CT molecular complexity index is 1800. The van der Waals surface area contributed by atoms with Crippen LogP contribution < -0.4 is 24.4 Å². The van der Waals surface area contributed by atoms with Crippen LogP contribution in [0.3, 0.4) is 0 Å². The minimum absolute atomic E-state index is 0.176. The fourth-order valence-electron chi connectivity index (χ4n) is 4.97. The number of thiazole rings is 1. The lowest BCUT2D eigenvalue weighted by atomic mass is 9.91. The molecule has 0 bridgehead atoms. The second kappa shape index (κ2) is 10.6. The summed E-state index contributed by atoms with van der Waals surface area (Å²) in [7, 11) is 0. The first kappa shape index (κ1) is 25.8. The zero-order valence-electron chi connectivity index (χ0n) is 22.4. The number of carbonyl (C=O) groups excluding carboxylic acids is 1. The highest BCUT2D eigenvalue weighted by Crippen LogP contribution is 2.36. The number of hydrogen-bond donors (Lipinski definition) is 0. The van der Waals surface area contributed by atoms with Crippen molar-refractivity contribution in [2.45, 2.75) is 32.7 Å². The largest absolute Gasteiger partial charge is 0.463 e. The Balaban J connectivity index is 1.60. The van der Waals surface area contributed by atoms with E-state index in [2.05, 4.69) is 13.8 Å². The van der Waals surface area contributed by atoms with Gasteiger partial charge in [-0.2, -0.15) is 0 Å². The van der Waals surface area contributed by atoms with Crippen LogP contribution in [0.25, 0.3) is 11.8 Å². The maximum atomic E-state index is 14.0. The number of benzene rings is 3. The zero-order valence-corrected chi connectivity index (χ0v) is 23.2. The van der Waals surface area contributed by atoms with Gasteiger partial charge in [-0.15, -0.1) is 0 Å². The van der Waals surface area contributed by atoms with Gasteiger partial charge >= 0.3 is 5.97 Å². The predicted octanol–water partition coefficient (Wildman–Crippen LogP) is 4.79. The molecular formula is C32H28N2O5S. The van der Waals surface area contributed by atoms with Crippen molar-refractivity contribution in [2.24, 2.45) is 4.99 Å². The maximum Gasteiger partial charge on any atom is 0.338 e. The van der Waals surface area contributed by atoms with Crippen LogP contribution in [0.2, 0.25) is 0 Å². The third-order valence-electron chi connectivity index (χ3n) is 6.99. The molecule has 0 N–H and O–H groups in total. The van der Waals surface area contributed by atoms with E-state index in [0.29, 0.717) is 38.0 Å². The Morgan fingerprint density at radius 3 is 2.55 bits per heavy atom. The quantitative estimate of drug-likeness (QED) is 0.322. The summed E-state index contributed by atoms with van der Waals surface area (Å²) in [5.41, 5.74) is 4.19. The van der Waals surface area contributed by atoms with Crippen molar-refractivity contribution in [1.29, 1.82) is 0 Å². The maximum absolute atomic E-state index is 14.0. The molecule has 0 fully saturated rings. The number of ether oxygens (including phenoxy) is 3. The van der Waals surface area contributed by atoms with Gasteiger partial charge in [0.2, 0.25) is 6.79 Å². The summed E-state index contributed by atoms with van der Waals surface area (Å²) in [6.45, 7) is 6.42. The van der Waals surface area contributed by atoms with Crippen molar-refractivity contribution in [1.82, 2.24) is 4.57 Å². The van der Waals surface area contributed by atoms with Gasteiger partial charge in [-0.1, -0.05) is 85.8 Å². The lowest BCUT2D eigenvalue weighted by Gasteiger charge is -2.26. The molecule has 1 aromatic heterocycles. The standard InChI is InChI=1S/C32H28N2O5S/c1-4-37-31(36)27-28(22-8-6-5-7-9-22)33-32-34(29(27)23-13-11-21(12-14-23)19(2)3)30(35)26(40-32)17-20-10-15-24-25(16-20)39-18-38-24/h5-17,19,29H,4,18H2,1-3H3/b26-17-. The van der Waals surface area contributed by atoms with Crippen molar-refractivity contribution in [2.75, 3.05) is 13.4 Å². The smallest absolute Gasteiger partial charge is 0.338 e. The molecule has 0 radical (unpaired) electrons. The third-order valence-corrected chi connectivity index (χ3v) is 7.97. The van der Waals surface area contributed by atoms with Crippen molar-refractivity contribution < 1.29 is 19.0 Å². The molecule has 3 aromatic carbocycles. The van der Waals surface area contributed by atoms with Gasteiger partial charge in [-0.25, -0.2) is 9.79 Å². The number of aromatic nitrogens is 1. The molecule has 4 aromatic rings. The van der Waals surface area contributed by atoms with Crippen molar-refractivity contribution in [3.8, 4) is 11.5 Å². The van der Waals surface area contributed by atoms with Crippen molar-refractivity contribution in [3.63, 3.8) is 0 Å². The summed E-state index contributed by atoms with van der Waals surface area (Å²) in [5, 5.41) is 0. The Labute approximate surface area is 235 Å². The molecule has 0 spiro atoms. The molecule has 40 heavy (non-hydrogen) atoms. The molecule has 7 nitrogen and oxygen atoms in total. The summed E-state index contributed by atoms with van der Waals surface area (Å²) in [4.78, 5) is 33.0. The molecule has 202 valence electrons. The lowest BCUT2D eigenvalue weighted by Crippen LogP contribution is -2.40. The minimum Gasteiger partial charge on any atom is -0.463 e. The van der Waals surface area contributed by atoms with Gasteiger partial charge in [0.15, 0.2) is 16.3 Å². The van der Waals surface area contributed by atoms with E-state index in [9.17, 15) is 9.59 Å². The first-order chi connectivity index (χ1) is 19.4. The molecule has 6 rings (SSSR count). The van der Waals surface area contributed by atoms with E-state index in [0.717, 1.165) is 16.7 Å². The third kappa shape index (κ3) is 4.64. The van der Waals surface area contributed by atoms with Crippen LogP contribution in [0.1, 0.15) is 55.0 Å². The van der Waals surface area contributed by atoms with E-state index >= 15 is 0 Å². The number of fused-ring (bicyclic) bond motifs is 2. The van der Waals surface area contributed by atoms with Crippen LogP contribution in [0.15, 0.2) is 88.2 Å². The monoisotopic (exact) mass is 552 g/mol. The fourth-order valence-corrected chi connectivity index (χ4v) is 5.97. The van der Waals surface area contributed by atoms with Gasteiger partial charge in [0.05, 0.1) is 28.5 Å². The predicted molar refractivity (Wildman–Crippen MR) is 154 cm³/mol.